The molecule has 0 spiro atoms. The van der Waals surface area contributed by atoms with Gasteiger partial charge in [-0.2, -0.15) is 0 Å². The van der Waals surface area contributed by atoms with Gasteiger partial charge in [0.2, 0.25) is 0 Å². The molecule has 8 aromatic carbocycles. The molecule has 0 amide bonds. The summed E-state index contributed by atoms with van der Waals surface area (Å²) in [7, 11) is 0. The molecule has 6 unspecified atom stereocenters. The molecule has 0 saturated heterocycles. The van der Waals surface area contributed by atoms with E-state index in [1.165, 1.54) is 193 Å². The van der Waals surface area contributed by atoms with E-state index >= 15 is 0 Å². The average molecular weight is 1270 g/mol. The number of fused-ring (bicyclic) bond motifs is 10. The third-order valence-corrected chi connectivity index (χ3v) is 24.6. The van der Waals surface area contributed by atoms with E-state index in [9.17, 15) is 0 Å². The third kappa shape index (κ3) is 10.3. The number of hydrogen-bond acceptors (Lipinski definition) is 2. The first-order valence-electron chi connectivity index (χ1n) is 37.7. The number of aromatic nitrogens is 2. The van der Waals surface area contributed by atoms with Crippen molar-refractivity contribution < 1.29 is 0 Å². The molecule has 6 atom stereocenters. The Bertz CT molecular complexity index is 4690. The molecule has 486 valence electrons. The van der Waals surface area contributed by atoms with Gasteiger partial charge in [0.05, 0.1) is 34.2 Å². The zero-order chi connectivity index (χ0) is 65.3. The summed E-state index contributed by atoms with van der Waals surface area (Å²) < 4.78 is 5.25. The number of hydrogen-bond donors (Lipinski definition) is 0. The molecule has 2 aromatic heterocycles. The van der Waals surface area contributed by atoms with Crippen molar-refractivity contribution in [3.05, 3.63) is 246 Å². The number of para-hydroxylation sites is 2. The highest BCUT2D eigenvalue weighted by Gasteiger charge is 2.51. The molecule has 0 bridgehead atoms. The van der Waals surface area contributed by atoms with Gasteiger partial charge in [-0.3, -0.25) is 0 Å². The fourth-order valence-electron chi connectivity index (χ4n) is 19.9. The van der Waals surface area contributed by atoms with Crippen molar-refractivity contribution in [1.29, 1.82) is 0 Å². The minimum atomic E-state index is -0.0441. The zero-order valence-corrected chi connectivity index (χ0v) is 58.3. The van der Waals surface area contributed by atoms with E-state index in [-0.39, 0.29) is 29.6 Å². The standard InChI is InChI=1S/C92H95BN4/c1-91(2,3)66-46-52-82-76(56-66)74-38-22-24-44-80(74)94(82)68-48-50-78-84(58-68)96(89-70(61-30-14-8-15-31-61)40-26-41-71(89)62-32-16-9-17-33-62)86-54-65(60-28-12-7-13-29-60)55-87-88(86)93(78)79-51-49-69(95-81-45-25-23-39-75(81)77-57-67(92(4,5)6)47-53-83(77)95)59-85(79)97(87)90-72(63-34-18-10-19-35-63)42-27-43-73(90)64-36-20-11-21-37-64/h7-8,10,12-14,18,22-25,28-29,32,36,38-40,42,44-59,61,63,71,73,89-90H,9,11,15-17,19-21,26-27,30-31,33-35,37,41,43H2,1-6H3. The van der Waals surface area contributed by atoms with Gasteiger partial charge in [-0.15, -0.1) is 0 Å². The van der Waals surface area contributed by atoms with Gasteiger partial charge in [-0.1, -0.05) is 192 Å². The van der Waals surface area contributed by atoms with Crippen LogP contribution >= 0.6 is 0 Å². The van der Waals surface area contributed by atoms with Crippen LogP contribution in [0.1, 0.15) is 168 Å². The molecular formula is C92H95BN4. The van der Waals surface area contributed by atoms with Crippen LogP contribution < -0.4 is 26.2 Å². The predicted molar refractivity (Wildman–Crippen MR) is 415 cm³/mol. The highest BCUT2D eigenvalue weighted by atomic mass is 15.2. The van der Waals surface area contributed by atoms with Crippen molar-refractivity contribution in [3.8, 4) is 22.5 Å². The monoisotopic (exact) mass is 1270 g/mol. The molecule has 5 heteroatoms. The van der Waals surface area contributed by atoms with E-state index in [1.54, 1.807) is 22.3 Å². The lowest BCUT2D eigenvalue weighted by molar-refractivity contribution is 0.391. The van der Waals surface area contributed by atoms with Crippen molar-refractivity contribution in [2.45, 2.75) is 180 Å². The Morgan fingerprint density at radius 3 is 1.28 bits per heavy atom. The molecule has 0 saturated carbocycles. The molecule has 4 nitrogen and oxygen atoms in total. The number of rotatable bonds is 9. The minimum Gasteiger partial charge on any atom is -0.334 e. The molecule has 0 N–H and O–H groups in total. The normalized spacial score (nSPS) is 22.7. The molecule has 97 heavy (non-hydrogen) atoms. The maximum Gasteiger partial charge on any atom is 0.252 e. The maximum atomic E-state index is 3.06. The lowest BCUT2D eigenvalue weighted by Crippen LogP contribution is -2.65. The van der Waals surface area contributed by atoms with E-state index in [2.05, 4.69) is 273 Å². The highest BCUT2D eigenvalue weighted by molar-refractivity contribution is 7.00. The van der Waals surface area contributed by atoms with Crippen LogP contribution in [-0.4, -0.2) is 27.9 Å². The highest BCUT2D eigenvalue weighted by Crippen LogP contribution is 2.54. The van der Waals surface area contributed by atoms with Crippen molar-refractivity contribution in [1.82, 2.24) is 9.13 Å². The molecule has 2 aliphatic heterocycles. The van der Waals surface area contributed by atoms with Gasteiger partial charge in [0.25, 0.3) is 6.71 Å². The quantitative estimate of drug-likeness (QED) is 0.106. The Morgan fingerprint density at radius 1 is 0.371 bits per heavy atom. The van der Waals surface area contributed by atoms with Crippen LogP contribution in [0.4, 0.5) is 22.7 Å². The summed E-state index contributed by atoms with van der Waals surface area (Å²) in [6.45, 7) is 14.1. The first-order chi connectivity index (χ1) is 47.4. The number of benzene rings is 8. The van der Waals surface area contributed by atoms with Crippen molar-refractivity contribution >= 4 is 89.5 Å². The molecule has 4 heterocycles. The van der Waals surface area contributed by atoms with Crippen molar-refractivity contribution in [3.63, 3.8) is 0 Å². The second-order valence-electron chi connectivity index (χ2n) is 32.3. The molecule has 0 radical (unpaired) electrons. The summed E-state index contributed by atoms with van der Waals surface area (Å²) >= 11 is 0. The van der Waals surface area contributed by atoms with Crippen LogP contribution in [0.3, 0.4) is 0 Å². The third-order valence-electron chi connectivity index (χ3n) is 24.6. The van der Waals surface area contributed by atoms with Gasteiger partial charge in [0, 0.05) is 67.5 Å². The SMILES string of the molecule is CC(C)(C)c1ccc2c(c1)c1ccccc1n2-c1ccc2c(c1)N(C1C(C3CC=CCC3)=CCCC1C1=CCCCC1)c1cc(-c3ccccc3)cc3c1B2c1ccc(-n2c4ccccc4c4cc(C(C)(C)C)ccc42)cc1N3C1C(C2CC=CCC2)=CCCC1C1=CCCCC1. The topological polar surface area (TPSA) is 16.3 Å². The van der Waals surface area contributed by atoms with Gasteiger partial charge in [-0.05, 0) is 261 Å². The summed E-state index contributed by atoms with van der Waals surface area (Å²) in [4.78, 5) is 6.11. The first-order valence-corrected chi connectivity index (χ1v) is 37.7. The smallest absolute Gasteiger partial charge is 0.252 e. The second kappa shape index (κ2) is 24.2. The molecular weight excluding hydrogens is 1170 g/mol. The average Bonchev–Trinajstić information content (AvgIpc) is 1.30. The van der Waals surface area contributed by atoms with Gasteiger partial charge in [0.1, 0.15) is 0 Å². The summed E-state index contributed by atoms with van der Waals surface area (Å²) in [5, 5.41) is 5.27. The van der Waals surface area contributed by atoms with Crippen molar-refractivity contribution in [2.24, 2.45) is 23.7 Å². The van der Waals surface area contributed by atoms with Crippen LogP contribution in [0.25, 0.3) is 66.1 Å². The predicted octanol–water partition coefficient (Wildman–Crippen LogP) is 22.7. The Morgan fingerprint density at radius 2 is 0.835 bits per heavy atom. The van der Waals surface area contributed by atoms with Crippen LogP contribution in [0.15, 0.2) is 235 Å². The van der Waals surface area contributed by atoms with E-state index in [0.717, 1.165) is 38.5 Å². The summed E-state index contributed by atoms with van der Waals surface area (Å²) in [6, 6.07) is 66.2. The van der Waals surface area contributed by atoms with E-state index in [1.807, 2.05) is 0 Å². The lowest BCUT2D eigenvalue weighted by atomic mass is 9.33. The Balaban J connectivity index is 0.964. The summed E-state index contributed by atoms with van der Waals surface area (Å²) in [5.74, 6) is 1.73. The van der Waals surface area contributed by atoms with Crippen LogP contribution in [0.5, 0.6) is 0 Å². The maximum absolute atomic E-state index is 3.06. The fourth-order valence-corrected chi connectivity index (χ4v) is 19.9. The second-order valence-corrected chi connectivity index (χ2v) is 32.3. The molecule has 0 fully saturated rings. The Labute approximate surface area is 576 Å². The summed E-state index contributed by atoms with van der Waals surface area (Å²) in [6.07, 6.45) is 42.4. The van der Waals surface area contributed by atoms with Gasteiger partial charge >= 0.3 is 0 Å². The Hall–Kier alpha value is -8.54. The zero-order valence-electron chi connectivity index (χ0n) is 58.3. The van der Waals surface area contributed by atoms with Crippen LogP contribution in [-0.2, 0) is 10.8 Å². The van der Waals surface area contributed by atoms with Gasteiger partial charge in [-0.25, -0.2) is 0 Å². The molecule has 10 aromatic rings. The van der Waals surface area contributed by atoms with E-state index in [0.29, 0.717) is 23.7 Å². The van der Waals surface area contributed by atoms with E-state index in [4.69, 9.17) is 0 Å². The molecule has 6 aliphatic carbocycles. The van der Waals surface area contributed by atoms with Gasteiger partial charge < -0.3 is 18.9 Å². The molecule has 18 rings (SSSR count). The number of allylic oxidation sites excluding steroid dienone is 8. The first kappa shape index (κ1) is 60.8. The van der Waals surface area contributed by atoms with Crippen LogP contribution in [0.2, 0.25) is 0 Å². The minimum absolute atomic E-state index is 0.0145. The number of nitrogens with zero attached hydrogens (tertiary/aromatic N) is 4. The molecule has 8 aliphatic rings. The van der Waals surface area contributed by atoms with Crippen molar-refractivity contribution in [2.75, 3.05) is 9.80 Å². The number of anilines is 4. The van der Waals surface area contributed by atoms with Gasteiger partial charge in [0.15, 0.2) is 0 Å². The Kier molecular flexibility index (Phi) is 15.2. The fraction of sp³-hybridized carbons (Fsp3) is 0.348. The van der Waals surface area contributed by atoms with E-state index < -0.39 is 0 Å². The largest absolute Gasteiger partial charge is 0.334 e. The lowest BCUT2D eigenvalue weighted by Gasteiger charge is -2.53. The summed E-state index contributed by atoms with van der Waals surface area (Å²) in [5.41, 5.74) is 29.5. The van der Waals surface area contributed by atoms with Crippen LogP contribution in [0, 0.1) is 23.7 Å².